The van der Waals surface area contributed by atoms with Crippen LogP contribution in [0.5, 0.6) is 0 Å². The van der Waals surface area contributed by atoms with Crippen molar-refractivity contribution in [3.8, 4) is 0 Å². The van der Waals surface area contributed by atoms with E-state index in [1.54, 1.807) is 0 Å². The number of hydrogen-bond acceptors (Lipinski definition) is 3. The Bertz CT molecular complexity index is 206. The molecule has 0 aromatic rings. The predicted molar refractivity (Wildman–Crippen MR) is 52.0 cm³/mol. The number of hydrogen-bond donors (Lipinski definition) is 2. The molecule has 0 saturated heterocycles. The molecule has 0 aliphatic heterocycles. The second-order valence-corrected chi connectivity index (χ2v) is 3.41. The zero-order valence-electron chi connectivity index (χ0n) is 6.96. The Labute approximate surface area is 77.5 Å². The van der Waals surface area contributed by atoms with Crippen molar-refractivity contribution in [3.05, 3.63) is 11.9 Å². The fourth-order valence-electron chi connectivity index (χ4n) is 1.04. The molecule has 12 heavy (non-hydrogen) atoms. The highest BCUT2D eigenvalue weighted by Gasteiger charge is 2.16. The van der Waals surface area contributed by atoms with Crippen molar-refractivity contribution >= 4 is 16.8 Å². The number of aliphatic imine (C=N–C) groups is 1. The maximum atomic E-state index is 5.73. The van der Waals surface area contributed by atoms with Crippen molar-refractivity contribution in [3.63, 3.8) is 0 Å². The van der Waals surface area contributed by atoms with E-state index in [0.717, 1.165) is 6.54 Å². The normalized spacial score (nSPS) is 20.8. The lowest BCUT2D eigenvalue weighted by atomic mass is 9.86. The molecule has 0 aromatic carbocycles. The summed E-state index contributed by atoms with van der Waals surface area (Å²) in [6, 6.07) is 0. The van der Waals surface area contributed by atoms with Gasteiger partial charge in [-0.15, -0.1) is 0 Å². The van der Waals surface area contributed by atoms with Gasteiger partial charge in [-0.2, -0.15) is 0 Å². The van der Waals surface area contributed by atoms with Crippen LogP contribution in [0.15, 0.2) is 16.9 Å². The Morgan fingerprint density at radius 2 is 2.25 bits per heavy atom. The van der Waals surface area contributed by atoms with Crippen LogP contribution < -0.4 is 11.5 Å². The summed E-state index contributed by atoms with van der Waals surface area (Å²) < 4.78 is 0. The number of halogens is 1. The minimum Gasteiger partial charge on any atom is -0.403 e. The SMILES string of the molecule is NC=C(N)C(Cl)=NCC1CCC1. The molecule has 0 heterocycles. The largest absolute Gasteiger partial charge is 0.403 e. The number of nitrogens with two attached hydrogens (primary N) is 2. The molecule has 68 valence electrons. The van der Waals surface area contributed by atoms with E-state index in [2.05, 4.69) is 4.99 Å². The molecular weight excluding hydrogens is 174 g/mol. The van der Waals surface area contributed by atoms with Crippen LogP contribution in [0.25, 0.3) is 0 Å². The van der Waals surface area contributed by atoms with Gasteiger partial charge in [0, 0.05) is 12.7 Å². The number of rotatable bonds is 3. The smallest absolute Gasteiger partial charge is 0.148 e. The Balaban J connectivity index is 2.34. The van der Waals surface area contributed by atoms with Gasteiger partial charge < -0.3 is 11.5 Å². The molecule has 0 unspecified atom stereocenters. The van der Waals surface area contributed by atoms with Gasteiger partial charge in [0.05, 0.1) is 5.70 Å². The molecule has 4 N–H and O–H groups in total. The van der Waals surface area contributed by atoms with Crippen LogP contribution in [0, 0.1) is 5.92 Å². The molecule has 1 fully saturated rings. The predicted octanol–water partition coefficient (Wildman–Crippen LogP) is 1.18. The number of allylic oxidation sites excluding steroid dienone is 1. The number of nitrogens with zero attached hydrogens (tertiary/aromatic N) is 1. The Kier molecular flexibility index (Phi) is 3.41. The lowest BCUT2D eigenvalue weighted by Gasteiger charge is -2.23. The topological polar surface area (TPSA) is 64.4 Å². The summed E-state index contributed by atoms with van der Waals surface area (Å²) in [5.74, 6) is 0.712. The van der Waals surface area contributed by atoms with Gasteiger partial charge >= 0.3 is 0 Å². The van der Waals surface area contributed by atoms with Crippen molar-refractivity contribution in [1.29, 1.82) is 0 Å². The van der Waals surface area contributed by atoms with E-state index in [1.807, 2.05) is 0 Å². The molecule has 4 heteroatoms. The summed E-state index contributed by atoms with van der Waals surface area (Å²) in [5.41, 5.74) is 11.0. The second-order valence-electron chi connectivity index (χ2n) is 3.05. The van der Waals surface area contributed by atoms with Gasteiger partial charge in [-0.1, -0.05) is 18.0 Å². The summed E-state index contributed by atoms with van der Waals surface area (Å²) in [5, 5.41) is 0.337. The van der Waals surface area contributed by atoms with Crippen molar-refractivity contribution in [2.24, 2.45) is 22.4 Å². The first-order valence-electron chi connectivity index (χ1n) is 4.11. The van der Waals surface area contributed by atoms with Crippen LogP contribution in [0.1, 0.15) is 19.3 Å². The fourth-order valence-corrected chi connectivity index (χ4v) is 1.18. The Morgan fingerprint density at radius 1 is 1.58 bits per heavy atom. The van der Waals surface area contributed by atoms with Crippen LogP contribution in [0.2, 0.25) is 0 Å². The molecule has 3 nitrogen and oxygen atoms in total. The van der Waals surface area contributed by atoms with Crippen LogP contribution in [-0.4, -0.2) is 11.7 Å². The summed E-state index contributed by atoms with van der Waals surface area (Å²) in [4.78, 5) is 4.13. The van der Waals surface area contributed by atoms with Crippen LogP contribution in [0.4, 0.5) is 0 Å². The van der Waals surface area contributed by atoms with E-state index in [9.17, 15) is 0 Å². The molecule has 0 radical (unpaired) electrons. The third kappa shape index (κ3) is 2.41. The summed E-state index contributed by atoms with van der Waals surface area (Å²) in [6.45, 7) is 0.785. The van der Waals surface area contributed by atoms with Gasteiger partial charge in [-0.05, 0) is 18.8 Å². The van der Waals surface area contributed by atoms with Crippen LogP contribution in [0.3, 0.4) is 0 Å². The lowest BCUT2D eigenvalue weighted by Crippen LogP contribution is -2.16. The maximum absolute atomic E-state index is 5.73. The summed E-state index contributed by atoms with van der Waals surface area (Å²) in [6.07, 6.45) is 5.12. The van der Waals surface area contributed by atoms with E-state index in [-0.39, 0.29) is 0 Å². The van der Waals surface area contributed by atoms with Crippen molar-refractivity contribution < 1.29 is 0 Å². The first-order chi connectivity index (χ1) is 5.74. The monoisotopic (exact) mass is 187 g/mol. The fraction of sp³-hybridized carbons (Fsp3) is 0.625. The third-order valence-corrected chi connectivity index (χ3v) is 2.47. The molecule has 1 rings (SSSR count). The third-order valence-electron chi connectivity index (χ3n) is 2.13. The first-order valence-corrected chi connectivity index (χ1v) is 4.49. The zero-order valence-corrected chi connectivity index (χ0v) is 7.72. The van der Waals surface area contributed by atoms with E-state index in [1.165, 1.54) is 25.5 Å². The van der Waals surface area contributed by atoms with Crippen molar-refractivity contribution in [2.75, 3.05) is 6.54 Å². The minimum atomic E-state index is 0.337. The van der Waals surface area contributed by atoms with Gasteiger partial charge in [0.1, 0.15) is 5.17 Å². The zero-order chi connectivity index (χ0) is 8.97. The molecule has 0 amide bonds. The molecule has 1 aliphatic rings. The second kappa shape index (κ2) is 4.36. The molecule has 1 saturated carbocycles. The minimum absolute atomic E-state index is 0.337. The molecular formula is C8H14ClN3. The maximum Gasteiger partial charge on any atom is 0.148 e. The summed E-state index contributed by atoms with van der Waals surface area (Å²) >= 11 is 5.73. The Hall–Kier alpha value is -0.700. The van der Waals surface area contributed by atoms with Gasteiger partial charge in [-0.25, -0.2) is 0 Å². The van der Waals surface area contributed by atoms with E-state index >= 15 is 0 Å². The molecule has 0 aromatic heterocycles. The highest BCUT2D eigenvalue weighted by Crippen LogP contribution is 2.26. The molecule has 0 bridgehead atoms. The highest BCUT2D eigenvalue weighted by atomic mass is 35.5. The van der Waals surface area contributed by atoms with Gasteiger partial charge in [0.25, 0.3) is 0 Å². The lowest BCUT2D eigenvalue weighted by molar-refractivity contribution is 0.326. The Morgan fingerprint density at radius 3 is 2.67 bits per heavy atom. The standard InChI is InChI=1S/C8H14ClN3/c9-8(7(11)4-10)12-5-6-2-1-3-6/h4,6H,1-3,5,10-11H2. The van der Waals surface area contributed by atoms with Crippen molar-refractivity contribution in [1.82, 2.24) is 0 Å². The van der Waals surface area contributed by atoms with Gasteiger partial charge in [0.15, 0.2) is 0 Å². The highest BCUT2D eigenvalue weighted by molar-refractivity contribution is 6.69. The summed E-state index contributed by atoms with van der Waals surface area (Å²) in [7, 11) is 0. The average molecular weight is 188 g/mol. The van der Waals surface area contributed by atoms with E-state index in [0.29, 0.717) is 16.8 Å². The quantitative estimate of drug-likeness (QED) is 0.652. The first kappa shape index (κ1) is 9.39. The average Bonchev–Trinajstić information content (AvgIpc) is 2.00. The molecule has 0 spiro atoms. The molecule has 0 atom stereocenters. The van der Waals surface area contributed by atoms with Crippen molar-refractivity contribution in [2.45, 2.75) is 19.3 Å². The van der Waals surface area contributed by atoms with Gasteiger partial charge in [0.2, 0.25) is 0 Å². The molecule has 1 aliphatic carbocycles. The van der Waals surface area contributed by atoms with Crippen LogP contribution in [-0.2, 0) is 0 Å². The van der Waals surface area contributed by atoms with E-state index in [4.69, 9.17) is 23.1 Å². The van der Waals surface area contributed by atoms with E-state index < -0.39 is 0 Å². The van der Waals surface area contributed by atoms with Gasteiger partial charge in [-0.3, -0.25) is 4.99 Å². The van der Waals surface area contributed by atoms with Crippen LogP contribution >= 0.6 is 11.6 Å².